The van der Waals surface area contributed by atoms with E-state index in [1.54, 1.807) is 0 Å². The number of hydrogen-bond acceptors (Lipinski definition) is 3. The summed E-state index contributed by atoms with van der Waals surface area (Å²) in [6, 6.07) is 8.60. The van der Waals surface area contributed by atoms with Crippen molar-refractivity contribution in [1.29, 1.82) is 0 Å². The van der Waals surface area contributed by atoms with Crippen LogP contribution in [-0.2, 0) is 16.0 Å². The zero-order valence-electron chi connectivity index (χ0n) is 12.0. The Balaban J connectivity index is 1.87. The van der Waals surface area contributed by atoms with Gasteiger partial charge in [0, 0.05) is 19.5 Å². The third-order valence-corrected chi connectivity index (χ3v) is 3.78. The number of aliphatic carboxylic acids is 1. The number of carboxylic acid groups (broad SMARTS) is 1. The normalized spacial score (nSPS) is 19.9. The Labute approximate surface area is 120 Å². The van der Waals surface area contributed by atoms with Crippen LogP contribution in [0.4, 0.5) is 0 Å². The molecule has 0 amide bonds. The van der Waals surface area contributed by atoms with Gasteiger partial charge in [0.2, 0.25) is 0 Å². The first-order valence-electron chi connectivity index (χ1n) is 7.33. The summed E-state index contributed by atoms with van der Waals surface area (Å²) in [5.41, 5.74) is 2.55. The highest BCUT2D eigenvalue weighted by atomic mass is 16.5. The quantitative estimate of drug-likeness (QED) is 0.868. The molecule has 0 aliphatic carbocycles. The van der Waals surface area contributed by atoms with E-state index in [9.17, 15) is 4.79 Å². The Hall–Kier alpha value is -1.39. The van der Waals surface area contributed by atoms with Gasteiger partial charge in [0.15, 0.2) is 0 Å². The summed E-state index contributed by atoms with van der Waals surface area (Å²) in [4.78, 5) is 12.8. The average Bonchev–Trinajstić information content (AvgIpc) is 2.47. The molecular formula is C16H23NO3. The standard InChI is InChI=1S/C16H23NO3/c1-2-13-5-7-14(8-6-13)15-12-17(10-11-20-15)9-3-4-16(18)19/h5-8,15H,2-4,9-12H2,1H3,(H,18,19). The summed E-state index contributed by atoms with van der Waals surface area (Å²) in [6.07, 6.45) is 2.11. The number of hydrogen-bond donors (Lipinski definition) is 1. The molecule has 1 atom stereocenters. The molecule has 0 spiro atoms. The van der Waals surface area contributed by atoms with Crippen molar-refractivity contribution in [3.8, 4) is 0 Å². The van der Waals surface area contributed by atoms with Crippen molar-refractivity contribution in [3.05, 3.63) is 35.4 Å². The third-order valence-electron chi connectivity index (χ3n) is 3.78. The molecular weight excluding hydrogens is 254 g/mol. The van der Waals surface area contributed by atoms with Gasteiger partial charge in [-0.3, -0.25) is 9.69 Å². The second-order valence-electron chi connectivity index (χ2n) is 5.25. The van der Waals surface area contributed by atoms with Crippen molar-refractivity contribution in [3.63, 3.8) is 0 Å². The highest BCUT2D eigenvalue weighted by molar-refractivity contribution is 5.66. The maximum Gasteiger partial charge on any atom is 0.303 e. The minimum absolute atomic E-state index is 0.111. The molecule has 1 heterocycles. The van der Waals surface area contributed by atoms with Crippen molar-refractivity contribution < 1.29 is 14.6 Å². The number of carbonyl (C=O) groups is 1. The van der Waals surface area contributed by atoms with Gasteiger partial charge in [-0.05, 0) is 30.5 Å². The van der Waals surface area contributed by atoms with Gasteiger partial charge in [-0.15, -0.1) is 0 Å². The maximum absolute atomic E-state index is 10.5. The third kappa shape index (κ3) is 4.32. The molecule has 0 bridgehead atoms. The Bertz CT molecular complexity index is 430. The lowest BCUT2D eigenvalue weighted by molar-refractivity contribution is -0.137. The molecule has 1 aromatic carbocycles. The minimum Gasteiger partial charge on any atom is -0.481 e. The zero-order valence-corrected chi connectivity index (χ0v) is 12.0. The van der Waals surface area contributed by atoms with Gasteiger partial charge in [-0.2, -0.15) is 0 Å². The number of benzene rings is 1. The minimum atomic E-state index is -0.718. The van der Waals surface area contributed by atoms with E-state index in [-0.39, 0.29) is 12.5 Å². The Morgan fingerprint density at radius 1 is 1.40 bits per heavy atom. The summed E-state index contributed by atoms with van der Waals surface area (Å²) < 4.78 is 5.84. The molecule has 1 aromatic rings. The summed E-state index contributed by atoms with van der Waals surface area (Å²) >= 11 is 0. The maximum atomic E-state index is 10.5. The number of nitrogens with zero attached hydrogens (tertiary/aromatic N) is 1. The molecule has 0 aromatic heterocycles. The first-order chi connectivity index (χ1) is 9.69. The van der Waals surface area contributed by atoms with E-state index in [2.05, 4.69) is 36.1 Å². The van der Waals surface area contributed by atoms with Crippen molar-refractivity contribution in [2.24, 2.45) is 0 Å². The topological polar surface area (TPSA) is 49.8 Å². The molecule has 2 rings (SSSR count). The molecule has 4 heteroatoms. The zero-order chi connectivity index (χ0) is 14.4. The van der Waals surface area contributed by atoms with Crippen LogP contribution in [0.25, 0.3) is 0 Å². The van der Waals surface area contributed by atoms with Crippen LogP contribution < -0.4 is 0 Å². The fraction of sp³-hybridized carbons (Fsp3) is 0.562. The van der Waals surface area contributed by atoms with E-state index in [1.807, 2.05) is 0 Å². The summed E-state index contributed by atoms with van der Waals surface area (Å²) in [5, 5.41) is 8.68. The van der Waals surface area contributed by atoms with E-state index in [0.29, 0.717) is 13.0 Å². The molecule has 1 saturated heterocycles. The Morgan fingerprint density at radius 3 is 2.80 bits per heavy atom. The molecule has 1 aliphatic rings. The van der Waals surface area contributed by atoms with Crippen molar-refractivity contribution >= 4 is 5.97 Å². The second kappa shape index (κ2) is 7.41. The van der Waals surface area contributed by atoms with Crippen molar-refractivity contribution in [1.82, 2.24) is 4.90 Å². The SMILES string of the molecule is CCc1ccc(C2CN(CCCC(=O)O)CCO2)cc1. The molecule has 1 N–H and O–H groups in total. The Morgan fingerprint density at radius 2 is 2.15 bits per heavy atom. The fourth-order valence-corrected chi connectivity index (χ4v) is 2.53. The van der Waals surface area contributed by atoms with E-state index < -0.39 is 5.97 Å². The van der Waals surface area contributed by atoms with E-state index in [0.717, 1.165) is 26.1 Å². The van der Waals surface area contributed by atoms with Crippen LogP contribution in [0.2, 0.25) is 0 Å². The summed E-state index contributed by atoms with van der Waals surface area (Å²) in [6.45, 7) is 5.44. The van der Waals surface area contributed by atoms with E-state index in [1.165, 1.54) is 11.1 Å². The first-order valence-corrected chi connectivity index (χ1v) is 7.33. The number of morpholine rings is 1. The van der Waals surface area contributed by atoms with Crippen LogP contribution in [0.15, 0.2) is 24.3 Å². The van der Waals surface area contributed by atoms with Gasteiger partial charge in [-0.25, -0.2) is 0 Å². The lowest BCUT2D eigenvalue weighted by Gasteiger charge is -2.33. The monoisotopic (exact) mass is 277 g/mol. The van der Waals surface area contributed by atoms with Crippen LogP contribution >= 0.6 is 0 Å². The molecule has 110 valence electrons. The van der Waals surface area contributed by atoms with Gasteiger partial charge in [0.1, 0.15) is 0 Å². The smallest absolute Gasteiger partial charge is 0.303 e. The molecule has 0 radical (unpaired) electrons. The molecule has 1 unspecified atom stereocenters. The molecule has 0 saturated carbocycles. The van der Waals surface area contributed by atoms with Gasteiger partial charge in [0.25, 0.3) is 0 Å². The van der Waals surface area contributed by atoms with Crippen LogP contribution in [0.1, 0.15) is 37.0 Å². The van der Waals surface area contributed by atoms with E-state index in [4.69, 9.17) is 9.84 Å². The van der Waals surface area contributed by atoms with Crippen LogP contribution in [0, 0.1) is 0 Å². The predicted molar refractivity (Wildman–Crippen MR) is 77.8 cm³/mol. The fourth-order valence-electron chi connectivity index (χ4n) is 2.53. The highest BCUT2D eigenvalue weighted by Gasteiger charge is 2.21. The number of ether oxygens (including phenoxy) is 1. The lowest BCUT2D eigenvalue weighted by Crippen LogP contribution is -2.39. The Kier molecular flexibility index (Phi) is 5.56. The van der Waals surface area contributed by atoms with Crippen LogP contribution in [0.3, 0.4) is 0 Å². The highest BCUT2D eigenvalue weighted by Crippen LogP contribution is 2.22. The van der Waals surface area contributed by atoms with Crippen molar-refractivity contribution in [2.75, 3.05) is 26.2 Å². The summed E-state index contributed by atoms with van der Waals surface area (Å²) in [7, 11) is 0. The first kappa shape index (κ1) is 15.0. The molecule has 1 fully saturated rings. The molecule has 4 nitrogen and oxygen atoms in total. The number of aryl methyl sites for hydroxylation is 1. The van der Waals surface area contributed by atoms with Gasteiger partial charge in [-0.1, -0.05) is 31.2 Å². The number of carboxylic acids is 1. The molecule has 20 heavy (non-hydrogen) atoms. The second-order valence-corrected chi connectivity index (χ2v) is 5.25. The van der Waals surface area contributed by atoms with E-state index >= 15 is 0 Å². The van der Waals surface area contributed by atoms with Gasteiger partial charge >= 0.3 is 5.97 Å². The van der Waals surface area contributed by atoms with Crippen molar-refractivity contribution in [2.45, 2.75) is 32.3 Å². The summed E-state index contributed by atoms with van der Waals surface area (Å²) in [5.74, 6) is -0.718. The van der Waals surface area contributed by atoms with Gasteiger partial charge < -0.3 is 9.84 Å². The van der Waals surface area contributed by atoms with Crippen LogP contribution in [-0.4, -0.2) is 42.2 Å². The lowest BCUT2D eigenvalue weighted by atomic mass is 10.0. The van der Waals surface area contributed by atoms with Gasteiger partial charge in [0.05, 0.1) is 12.7 Å². The predicted octanol–water partition coefficient (Wildman–Crippen LogP) is 2.49. The van der Waals surface area contributed by atoms with Crippen LogP contribution in [0.5, 0.6) is 0 Å². The molecule has 1 aliphatic heterocycles. The number of rotatable bonds is 6. The largest absolute Gasteiger partial charge is 0.481 e. The average molecular weight is 277 g/mol.